The monoisotopic (exact) mass is 215 g/mol. The van der Waals surface area contributed by atoms with E-state index in [1.807, 2.05) is 0 Å². The summed E-state index contributed by atoms with van der Waals surface area (Å²) in [5.41, 5.74) is 0. The molecule has 1 aromatic rings. The molecule has 0 fully saturated rings. The summed E-state index contributed by atoms with van der Waals surface area (Å²) in [6.45, 7) is 5.65. The van der Waals surface area contributed by atoms with Gasteiger partial charge in [0.1, 0.15) is 11.9 Å². The Bertz CT molecular complexity index is 382. The number of nitrogens with one attached hydrogen (secondary N) is 1. The lowest BCUT2D eigenvalue weighted by Gasteiger charge is -2.12. The number of ether oxygens (including phenoxy) is 1. The number of hydrogen-bond acceptors (Lipinski definition) is 4. The normalized spacial score (nSPS) is 12.5. The van der Waals surface area contributed by atoms with Crippen molar-refractivity contribution in [3.8, 4) is 0 Å². The Morgan fingerprint density at radius 1 is 1.79 bits per heavy atom. The summed E-state index contributed by atoms with van der Waals surface area (Å²) in [7, 11) is 0. The number of rotatable bonds is 3. The van der Waals surface area contributed by atoms with Crippen LogP contribution in [-0.2, 0) is 9.53 Å². The molecule has 5 nitrogen and oxygen atoms in total. The maximum absolute atomic E-state index is 11.4. The van der Waals surface area contributed by atoms with Crippen LogP contribution in [0.1, 0.15) is 25.7 Å². The molecule has 0 saturated heterocycles. The molecule has 14 heavy (non-hydrogen) atoms. The van der Waals surface area contributed by atoms with E-state index >= 15 is 0 Å². The first-order chi connectivity index (χ1) is 6.57. The molecule has 0 aromatic carbocycles. The molecule has 0 bridgehead atoms. The zero-order valence-electron chi connectivity index (χ0n) is 8.40. The fraction of sp³-hybridized carbons (Fsp3) is 0.625. The summed E-state index contributed by atoms with van der Waals surface area (Å²) >= 11 is 4.99. The van der Waals surface area contributed by atoms with Crippen LogP contribution in [0.3, 0.4) is 0 Å². The SMILES string of the molecule is CCOC(=O)C(C)n1c(C)n[nH]c1=S. The number of esters is 1. The average molecular weight is 215 g/mol. The van der Waals surface area contributed by atoms with Crippen LogP contribution >= 0.6 is 12.2 Å². The van der Waals surface area contributed by atoms with Crippen LogP contribution in [0.2, 0.25) is 0 Å². The molecular weight excluding hydrogens is 202 g/mol. The molecular formula is C8H13N3O2S. The molecule has 1 heterocycles. The van der Waals surface area contributed by atoms with Gasteiger partial charge in [0.25, 0.3) is 0 Å². The van der Waals surface area contributed by atoms with Gasteiger partial charge in [-0.25, -0.2) is 4.79 Å². The van der Waals surface area contributed by atoms with Crippen molar-refractivity contribution in [2.45, 2.75) is 26.8 Å². The fourth-order valence-electron chi connectivity index (χ4n) is 1.21. The Balaban J connectivity index is 2.94. The van der Waals surface area contributed by atoms with Crippen LogP contribution < -0.4 is 0 Å². The van der Waals surface area contributed by atoms with Gasteiger partial charge in [-0.2, -0.15) is 5.10 Å². The van der Waals surface area contributed by atoms with Gasteiger partial charge in [0.05, 0.1) is 6.61 Å². The third kappa shape index (κ3) is 2.01. The molecule has 6 heteroatoms. The van der Waals surface area contributed by atoms with Crippen molar-refractivity contribution in [2.75, 3.05) is 6.61 Å². The Morgan fingerprint density at radius 2 is 2.43 bits per heavy atom. The molecule has 0 aliphatic heterocycles. The maximum Gasteiger partial charge on any atom is 0.328 e. The van der Waals surface area contributed by atoms with Crippen LogP contribution in [0, 0.1) is 11.7 Å². The van der Waals surface area contributed by atoms with Crippen LogP contribution in [0.25, 0.3) is 0 Å². The van der Waals surface area contributed by atoms with Gasteiger partial charge < -0.3 is 4.74 Å². The van der Waals surface area contributed by atoms with Crippen molar-refractivity contribution in [1.29, 1.82) is 0 Å². The lowest BCUT2D eigenvalue weighted by atomic mass is 10.3. The highest BCUT2D eigenvalue weighted by atomic mass is 32.1. The highest BCUT2D eigenvalue weighted by Gasteiger charge is 2.18. The van der Waals surface area contributed by atoms with Gasteiger partial charge in [0, 0.05) is 0 Å². The van der Waals surface area contributed by atoms with E-state index in [1.165, 1.54) is 0 Å². The molecule has 0 saturated carbocycles. The molecule has 1 atom stereocenters. The lowest BCUT2D eigenvalue weighted by molar-refractivity contribution is -0.146. The van der Waals surface area contributed by atoms with E-state index in [0.717, 1.165) is 0 Å². The zero-order chi connectivity index (χ0) is 10.7. The molecule has 0 amide bonds. The van der Waals surface area contributed by atoms with Crippen LogP contribution in [0.5, 0.6) is 0 Å². The number of H-pyrrole nitrogens is 1. The van der Waals surface area contributed by atoms with Crippen LogP contribution in [-0.4, -0.2) is 27.3 Å². The predicted octanol–water partition coefficient (Wildman–Crippen LogP) is 1.37. The topological polar surface area (TPSA) is 59.9 Å². The van der Waals surface area contributed by atoms with Gasteiger partial charge in [-0.05, 0) is 33.0 Å². The maximum atomic E-state index is 11.4. The second kappa shape index (κ2) is 4.36. The van der Waals surface area contributed by atoms with Crippen molar-refractivity contribution in [1.82, 2.24) is 14.8 Å². The molecule has 0 aliphatic rings. The van der Waals surface area contributed by atoms with E-state index in [0.29, 0.717) is 17.2 Å². The van der Waals surface area contributed by atoms with Crippen molar-refractivity contribution < 1.29 is 9.53 Å². The molecule has 0 spiro atoms. The fourth-order valence-corrected chi connectivity index (χ4v) is 1.54. The second-order valence-electron chi connectivity index (χ2n) is 2.87. The van der Waals surface area contributed by atoms with Gasteiger partial charge in [-0.1, -0.05) is 0 Å². The van der Waals surface area contributed by atoms with Crippen LogP contribution in [0.4, 0.5) is 0 Å². The Kier molecular flexibility index (Phi) is 3.40. The summed E-state index contributed by atoms with van der Waals surface area (Å²) in [6.07, 6.45) is 0. The number of aromatic nitrogens is 3. The number of aromatic amines is 1. The number of aryl methyl sites for hydroxylation is 1. The molecule has 0 radical (unpaired) electrons. The minimum atomic E-state index is -0.429. The molecule has 1 N–H and O–H groups in total. The Labute approximate surface area is 87.1 Å². The smallest absolute Gasteiger partial charge is 0.328 e. The largest absolute Gasteiger partial charge is 0.464 e. The number of hydrogen-bond donors (Lipinski definition) is 1. The first-order valence-corrected chi connectivity index (χ1v) is 4.79. The number of carbonyl (C=O) groups is 1. The quantitative estimate of drug-likeness (QED) is 0.611. The summed E-state index contributed by atoms with van der Waals surface area (Å²) in [5, 5.41) is 6.54. The van der Waals surface area contributed by atoms with Gasteiger partial charge >= 0.3 is 5.97 Å². The lowest BCUT2D eigenvalue weighted by Crippen LogP contribution is -2.20. The van der Waals surface area contributed by atoms with E-state index in [-0.39, 0.29) is 5.97 Å². The number of nitrogens with zero attached hydrogens (tertiary/aromatic N) is 2. The third-order valence-corrected chi connectivity index (χ3v) is 2.18. The average Bonchev–Trinajstić information content (AvgIpc) is 2.46. The predicted molar refractivity (Wildman–Crippen MR) is 53.5 cm³/mol. The standard InChI is InChI=1S/C8H13N3O2S/c1-4-13-7(12)5(2)11-6(3)9-10-8(11)14/h5H,4H2,1-3H3,(H,10,14). The summed E-state index contributed by atoms with van der Waals surface area (Å²) in [5.74, 6) is 0.378. The van der Waals surface area contributed by atoms with E-state index in [4.69, 9.17) is 17.0 Å². The van der Waals surface area contributed by atoms with E-state index < -0.39 is 6.04 Å². The van der Waals surface area contributed by atoms with E-state index in [9.17, 15) is 4.79 Å². The van der Waals surface area contributed by atoms with Gasteiger partial charge in [0.2, 0.25) is 0 Å². The summed E-state index contributed by atoms with van der Waals surface area (Å²) < 4.78 is 6.96. The summed E-state index contributed by atoms with van der Waals surface area (Å²) in [6, 6.07) is -0.429. The van der Waals surface area contributed by atoms with Crippen molar-refractivity contribution >= 4 is 18.2 Å². The molecule has 78 valence electrons. The highest BCUT2D eigenvalue weighted by molar-refractivity contribution is 7.71. The molecule has 0 aliphatic carbocycles. The third-order valence-electron chi connectivity index (χ3n) is 1.90. The molecule has 1 rings (SSSR count). The molecule has 1 unspecified atom stereocenters. The van der Waals surface area contributed by atoms with Gasteiger partial charge in [0.15, 0.2) is 4.77 Å². The van der Waals surface area contributed by atoms with Gasteiger partial charge in [-0.3, -0.25) is 9.67 Å². The zero-order valence-corrected chi connectivity index (χ0v) is 9.22. The van der Waals surface area contributed by atoms with Crippen LogP contribution in [0.15, 0.2) is 0 Å². The van der Waals surface area contributed by atoms with Crippen molar-refractivity contribution in [3.63, 3.8) is 0 Å². The Morgan fingerprint density at radius 3 is 2.86 bits per heavy atom. The minimum Gasteiger partial charge on any atom is -0.464 e. The first kappa shape index (κ1) is 10.9. The minimum absolute atomic E-state index is 0.298. The second-order valence-corrected chi connectivity index (χ2v) is 3.26. The Hall–Kier alpha value is -1.17. The van der Waals surface area contributed by atoms with E-state index in [1.54, 1.807) is 25.3 Å². The number of carbonyl (C=O) groups excluding carboxylic acids is 1. The van der Waals surface area contributed by atoms with Crippen molar-refractivity contribution in [3.05, 3.63) is 10.6 Å². The summed E-state index contributed by atoms with van der Waals surface area (Å²) in [4.78, 5) is 11.4. The molecule has 1 aromatic heterocycles. The van der Waals surface area contributed by atoms with Crippen molar-refractivity contribution in [2.24, 2.45) is 0 Å². The van der Waals surface area contributed by atoms with E-state index in [2.05, 4.69) is 10.2 Å². The van der Waals surface area contributed by atoms with Gasteiger partial charge in [-0.15, -0.1) is 0 Å². The first-order valence-electron chi connectivity index (χ1n) is 4.38. The highest BCUT2D eigenvalue weighted by Crippen LogP contribution is 2.10.